The molecule has 5 nitrogen and oxygen atoms in total. The first kappa shape index (κ1) is 32.1. The summed E-state index contributed by atoms with van der Waals surface area (Å²) in [7, 11) is 4.21. The van der Waals surface area contributed by atoms with Crippen LogP contribution in [0.15, 0.2) is 12.2 Å². The molecule has 0 aromatic rings. The summed E-state index contributed by atoms with van der Waals surface area (Å²) in [5, 5.41) is 8.60. The lowest BCUT2D eigenvalue weighted by Crippen LogP contribution is -2.37. The van der Waals surface area contributed by atoms with E-state index in [1.165, 1.54) is 70.6 Å². The number of hydrogen-bond donors (Lipinski definition) is 1. The number of carboxylic acid groups (broad SMARTS) is 1. The van der Waals surface area contributed by atoms with Crippen LogP contribution in [-0.2, 0) is 14.3 Å². The van der Waals surface area contributed by atoms with Crippen LogP contribution in [0, 0.1) is 0 Å². The lowest BCUT2D eigenvalue weighted by molar-refractivity contribution is -0.137. The number of likely N-dealkylation sites (N-methyl/N-ethyl adjacent to an activating group) is 1. The molecule has 0 aliphatic heterocycles. The van der Waals surface area contributed by atoms with Gasteiger partial charge >= 0.3 is 5.97 Å². The maximum Gasteiger partial charge on any atom is 0.303 e. The van der Waals surface area contributed by atoms with Crippen LogP contribution in [0.4, 0.5) is 0 Å². The molecule has 0 aliphatic rings. The molecule has 0 spiro atoms. The van der Waals surface area contributed by atoms with Crippen molar-refractivity contribution in [2.75, 3.05) is 40.5 Å². The Labute approximate surface area is 205 Å². The van der Waals surface area contributed by atoms with Crippen LogP contribution in [0.5, 0.6) is 0 Å². The summed E-state index contributed by atoms with van der Waals surface area (Å²) < 4.78 is 11.8. The molecule has 0 amide bonds. The summed E-state index contributed by atoms with van der Waals surface area (Å²) >= 11 is 0. The molecule has 33 heavy (non-hydrogen) atoms. The Kier molecular flexibility index (Phi) is 25.0. The molecule has 1 atom stereocenters. The minimum atomic E-state index is -0.680. The van der Waals surface area contributed by atoms with E-state index in [1.54, 1.807) is 0 Å². The SMILES string of the molecule is CCCCCCCOCC(COCCCCCCCCC=CCCCCCC(=O)O)N(C)C. The molecule has 5 heteroatoms. The molecule has 0 bridgehead atoms. The third-order valence-corrected chi connectivity index (χ3v) is 6.08. The van der Waals surface area contributed by atoms with Gasteiger partial charge < -0.3 is 19.5 Å². The van der Waals surface area contributed by atoms with Crippen molar-refractivity contribution in [3.63, 3.8) is 0 Å². The Hall–Kier alpha value is -0.910. The molecule has 0 rings (SSSR count). The second kappa shape index (κ2) is 25.7. The molecule has 0 radical (unpaired) electrons. The van der Waals surface area contributed by atoms with E-state index >= 15 is 0 Å². The number of hydrogen-bond acceptors (Lipinski definition) is 4. The number of carboxylic acids is 1. The molecular formula is C28H55NO4. The van der Waals surface area contributed by atoms with Crippen LogP contribution >= 0.6 is 0 Å². The first-order valence-corrected chi connectivity index (χ1v) is 13.8. The van der Waals surface area contributed by atoms with Crippen LogP contribution in [-0.4, -0.2) is 62.5 Å². The minimum Gasteiger partial charge on any atom is -0.481 e. The van der Waals surface area contributed by atoms with E-state index in [1.807, 2.05) is 0 Å². The molecule has 0 aromatic carbocycles. The Morgan fingerprint density at radius 3 is 1.67 bits per heavy atom. The van der Waals surface area contributed by atoms with Crippen molar-refractivity contribution in [1.29, 1.82) is 0 Å². The molecule has 0 saturated carbocycles. The molecule has 0 heterocycles. The molecule has 0 fully saturated rings. The van der Waals surface area contributed by atoms with Crippen molar-refractivity contribution in [3.05, 3.63) is 12.2 Å². The van der Waals surface area contributed by atoms with Crippen molar-refractivity contribution in [3.8, 4) is 0 Å². The smallest absolute Gasteiger partial charge is 0.303 e. The average Bonchev–Trinajstić information content (AvgIpc) is 2.78. The van der Waals surface area contributed by atoms with E-state index in [2.05, 4.69) is 38.1 Å². The zero-order valence-electron chi connectivity index (χ0n) is 22.2. The van der Waals surface area contributed by atoms with Gasteiger partial charge in [0, 0.05) is 19.6 Å². The van der Waals surface area contributed by atoms with E-state index < -0.39 is 5.97 Å². The van der Waals surface area contributed by atoms with Crippen LogP contribution in [0.25, 0.3) is 0 Å². The fourth-order valence-electron chi connectivity index (χ4n) is 3.72. The van der Waals surface area contributed by atoms with Crippen LogP contribution < -0.4 is 0 Å². The first-order valence-electron chi connectivity index (χ1n) is 13.8. The van der Waals surface area contributed by atoms with Crippen molar-refractivity contribution in [1.82, 2.24) is 4.90 Å². The number of aliphatic carboxylic acids is 1. The number of nitrogens with zero attached hydrogens (tertiary/aromatic N) is 1. The monoisotopic (exact) mass is 469 g/mol. The molecule has 1 unspecified atom stereocenters. The van der Waals surface area contributed by atoms with Gasteiger partial charge in [-0.05, 0) is 59.0 Å². The Balaban J connectivity index is 3.41. The summed E-state index contributed by atoms with van der Waals surface area (Å²) in [5.74, 6) is -0.680. The fraction of sp³-hybridized carbons (Fsp3) is 0.893. The van der Waals surface area contributed by atoms with Gasteiger partial charge in [-0.2, -0.15) is 0 Å². The second-order valence-electron chi connectivity index (χ2n) is 9.56. The minimum absolute atomic E-state index is 0.306. The molecule has 196 valence electrons. The predicted octanol–water partition coefficient (Wildman–Crippen LogP) is 7.24. The lowest BCUT2D eigenvalue weighted by Gasteiger charge is -2.24. The van der Waals surface area contributed by atoms with Crippen LogP contribution in [0.1, 0.15) is 116 Å². The van der Waals surface area contributed by atoms with E-state index in [0.717, 1.165) is 58.5 Å². The van der Waals surface area contributed by atoms with Crippen molar-refractivity contribution in [2.45, 2.75) is 122 Å². The van der Waals surface area contributed by atoms with E-state index in [0.29, 0.717) is 12.5 Å². The quantitative estimate of drug-likeness (QED) is 0.107. The Morgan fingerprint density at radius 1 is 0.727 bits per heavy atom. The van der Waals surface area contributed by atoms with Gasteiger partial charge in [-0.1, -0.05) is 76.9 Å². The number of unbranched alkanes of at least 4 members (excludes halogenated alkanes) is 13. The average molecular weight is 470 g/mol. The lowest BCUT2D eigenvalue weighted by atomic mass is 10.1. The zero-order valence-corrected chi connectivity index (χ0v) is 22.2. The number of allylic oxidation sites excluding steroid dienone is 2. The highest BCUT2D eigenvalue weighted by Crippen LogP contribution is 2.09. The van der Waals surface area contributed by atoms with Crippen molar-refractivity contribution in [2.24, 2.45) is 0 Å². The molecule has 0 saturated heterocycles. The van der Waals surface area contributed by atoms with Gasteiger partial charge in [0.15, 0.2) is 0 Å². The van der Waals surface area contributed by atoms with Gasteiger partial charge in [0.25, 0.3) is 0 Å². The zero-order chi connectivity index (χ0) is 24.4. The summed E-state index contributed by atoms with van der Waals surface area (Å²) in [6, 6.07) is 0.346. The topological polar surface area (TPSA) is 59.0 Å². The summed E-state index contributed by atoms with van der Waals surface area (Å²) in [6.45, 7) is 5.50. The summed E-state index contributed by atoms with van der Waals surface area (Å²) in [5.41, 5.74) is 0. The van der Waals surface area contributed by atoms with Gasteiger partial charge in [-0.25, -0.2) is 0 Å². The predicted molar refractivity (Wildman–Crippen MR) is 140 cm³/mol. The molecule has 0 aliphatic carbocycles. The first-order chi connectivity index (χ1) is 16.1. The largest absolute Gasteiger partial charge is 0.481 e. The number of ether oxygens (including phenoxy) is 2. The Bertz CT molecular complexity index is 440. The summed E-state index contributed by atoms with van der Waals surface area (Å²) in [6.07, 6.45) is 24.1. The van der Waals surface area contributed by atoms with Gasteiger partial charge in [0.1, 0.15) is 0 Å². The van der Waals surface area contributed by atoms with Gasteiger partial charge in [-0.15, -0.1) is 0 Å². The highest BCUT2D eigenvalue weighted by atomic mass is 16.5. The molecule has 1 N–H and O–H groups in total. The van der Waals surface area contributed by atoms with Crippen molar-refractivity contribution < 1.29 is 19.4 Å². The van der Waals surface area contributed by atoms with E-state index in [-0.39, 0.29) is 0 Å². The van der Waals surface area contributed by atoms with Gasteiger partial charge in [0.2, 0.25) is 0 Å². The van der Waals surface area contributed by atoms with Crippen LogP contribution in [0.2, 0.25) is 0 Å². The third kappa shape index (κ3) is 25.5. The van der Waals surface area contributed by atoms with Gasteiger partial charge in [-0.3, -0.25) is 4.79 Å². The van der Waals surface area contributed by atoms with E-state index in [9.17, 15) is 4.79 Å². The third-order valence-electron chi connectivity index (χ3n) is 6.08. The summed E-state index contributed by atoms with van der Waals surface area (Å²) in [4.78, 5) is 12.7. The fourth-order valence-corrected chi connectivity index (χ4v) is 3.72. The van der Waals surface area contributed by atoms with Gasteiger partial charge in [0.05, 0.1) is 19.3 Å². The standard InChI is InChI=1S/C28H55NO4/c1-4-5-6-17-20-23-32-25-27(29(2)3)26-33-24-21-18-15-13-11-9-7-8-10-12-14-16-19-22-28(30)31/h8,10,27H,4-7,9,11-26H2,1-3H3,(H,30,31). The normalized spacial score (nSPS) is 12.7. The maximum absolute atomic E-state index is 10.4. The number of carbonyl (C=O) groups is 1. The van der Waals surface area contributed by atoms with E-state index in [4.69, 9.17) is 14.6 Å². The molecular weight excluding hydrogens is 414 g/mol. The Morgan fingerprint density at radius 2 is 1.18 bits per heavy atom. The second-order valence-corrected chi connectivity index (χ2v) is 9.56. The highest BCUT2D eigenvalue weighted by molar-refractivity contribution is 5.66. The maximum atomic E-state index is 10.4. The number of rotatable bonds is 26. The van der Waals surface area contributed by atoms with Crippen molar-refractivity contribution >= 4 is 5.97 Å². The van der Waals surface area contributed by atoms with Crippen LogP contribution in [0.3, 0.4) is 0 Å². The highest BCUT2D eigenvalue weighted by Gasteiger charge is 2.11. The molecule has 0 aromatic heterocycles.